The zero-order valence-electron chi connectivity index (χ0n) is 9.37. The highest BCUT2D eigenvalue weighted by molar-refractivity contribution is 5.34. The molecule has 4 nitrogen and oxygen atoms in total. The number of aromatic nitrogens is 4. The third-order valence-corrected chi connectivity index (χ3v) is 2.20. The van der Waals surface area contributed by atoms with E-state index < -0.39 is 0 Å². The maximum atomic E-state index is 4.29. The average Bonchev–Trinajstić information content (AvgIpc) is 2.65. The molecule has 0 N–H and O–H groups in total. The van der Waals surface area contributed by atoms with Gasteiger partial charge in [-0.25, -0.2) is 9.50 Å². The summed E-state index contributed by atoms with van der Waals surface area (Å²) in [6.07, 6.45) is 1.52. The molecular weight excluding hydrogens is 176 g/mol. The van der Waals surface area contributed by atoms with E-state index in [1.165, 1.54) is 11.9 Å². The van der Waals surface area contributed by atoms with Gasteiger partial charge in [0.2, 0.25) is 0 Å². The van der Waals surface area contributed by atoms with E-state index in [-0.39, 0.29) is 0 Å². The van der Waals surface area contributed by atoms with E-state index in [1.54, 1.807) is 4.52 Å². The molecule has 2 rings (SSSR count). The van der Waals surface area contributed by atoms with Crippen LogP contribution in [0.25, 0.3) is 5.78 Å². The van der Waals surface area contributed by atoms with Crippen molar-refractivity contribution in [2.75, 3.05) is 0 Å². The number of nitrogens with zero attached hydrogens (tertiary/aromatic N) is 4. The van der Waals surface area contributed by atoms with Crippen LogP contribution >= 0.6 is 0 Å². The van der Waals surface area contributed by atoms with Crippen LogP contribution in [-0.2, 0) is 0 Å². The van der Waals surface area contributed by atoms with Gasteiger partial charge < -0.3 is 0 Å². The Labute approximate surface area is 84.0 Å². The van der Waals surface area contributed by atoms with Crippen LogP contribution in [0, 0.1) is 20.8 Å². The van der Waals surface area contributed by atoms with Crippen LogP contribution in [0.4, 0.5) is 0 Å². The van der Waals surface area contributed by atoms with Crippen molar-refractivity contribution >= 4 is 5.78 Å². The summed E-state index contributed by atoms with van der Waals surface area (Å²) in [5, 5.41) is 4.06. The van der Waals surface area contributed by atoms with Crippen LogP contribution in [0.15, 0.2) is 6.33 Å². The number of aryl methyl sites for hydroxylation is 2. The van der Waals surface area contributed by atoms with Gasteiger partial charge in [0.05, 0.1) is 0 Å². The van der Waals surface area contributed by atoms with Gasteiger partial charge in [-0.15, -0.1) is 0 Å². The predicted octanol–water partition coefficient (Wildman–Crippen LogP) is 2.08. The van der Waals surface area contributed by atoms with E-state index in [2.05, 4.69) is 15.1 Å². The van der Waals surface area contributed by atoms with E-state index in [4.69, 9.17) is 0 Å². The third kappa shape index (κ3) is 1.60. The molecule has 0 aromatic carbocycles. The van der Waals surface area contributed by atoms with E-state index in [0.717, 1.165) is 11.4 Å². The second kappa shape index (κ2) is 4.17. The van der Waals surface area contributed by atoms with Crippen molar-refractivity contribution in [2.45, 2.75) is 34.6 Å². The first-order chi connectivity index (χ1) is 6.70. The van der Waals surface area contributed by atoms with Crippen LogP contribution < -0.4 is 0 Å². The summed E-state index contributed by atoms with van der Waals surface area (Å²) >= 11 is 0. The van der Waals surface area contributed by atoms with Crippen LogP contribution in [-0.4, -0.2) is 19.6 Å². The Bertz CT molecular complexity index is 431. The number of fused-ring (bicyclic) bond motifs is 1. The Morgan fingerprint density at radius 1 is 1.14 bits per heavy atom. The van der Waals surface area contributed by atoms with E-state index in [1.807, 2.05) is 34.6 Å². The van der Waals surface area contributed by atoms with Crippen molar-refractivity contribution in [2.24, 2.45) is 0 Å². The van der Waals surface area contributed by atoms with Gasteiger partial charge in [-0.3, -0.25) is 0 Å². The molecule has 0 saturated carbocycles. The molecule has 0 saturated heterocycles. The second-order valence-corrected chi connectivity index (χ2v) is 2.88. The zero-order valence-corrected chi connectivity index (χ0v) is 9.37. The van der Waals surface area contributed by atoms with Crippen molar-refractivity contribution in [1.29, 1.82) is 0 Å². The highest BCUT2D eigenvalue weighted by atomic mass is 15.3. The zero-order chi connectivity index (χ0) is 10.7. The lowest BCUT2D eigenvalue weighted by molar-refractivity contribution is 0.869. The van der Waals surface area contributed by atoms with Gasteiger partial charge in [0, 0.05) is 11.4 Å². The van der Waals surface area contributed by atoms with Gasteiger partial charge in [0.25, 0.3) is 5.78 Å². The SMILES string of the molecule is CC.Cc1nc2ncnn2c(C)c1C. The van der Waals surface area contributed by atoms with Crippen molar-refractivity contribution in [3.05, 3.63) is 23.3 Å². The molecule has 2 aromatic heterocycles. The lowest BCUT2D eigenvalue weighted by Crippen LogP contribution is -2.01. The highest BCUT2D eigenvalue weighted by Gasteiger charge is 2.05. The summed E-state index contributed by atoms with van der Waals surface area (Å²) < 4.78 is 1.75. The Morgan fingerprint density at radius 2 is 1.79 bits per heavy atom. The van der Waals surface area contributed by atoms with Crippen LogP contribution in [0.1, 0.15) is 30.8 Å². The molecule has 0 atom stereocenters. The number of hydrogen-bond acceptors (Lipinski definition) is 3. The molecule has 0 aliphatic rings. The molecule has 76 valence electrons. The van der Waals surface area contributed by atoms with Gasteiger partial charge in [0.15, 0.2) is 0 Å². The van der Waals surface area contributed by atoms with Gasteiger partial charge in [0.1, 0.15) is 6.33 Å². The Balaban J connectivity index is 0.000000461. The van der Waals surface area contributed by atoms with E-state index in [9.17, 15) is 0 Å². The summed E-state index contributed by atoms with van der Waals surface area (Å²) in [7, 11) is 0. The van der Waals surface area contributed by atoms with Crippen molar-refractivity contribution < 1.29 is 0 Å². The fourth-order valence-corrected chi connectivity index (χ4v) is 1.20. The topological polar surface area (TPSA) is 43.1 Å². The molecule has 0 aliphatic heterocycles. The van der Waals surface area contributed by atoms with Crippen LogP contribution in [0.2, 0.25) is 0 Å². The van der Waals surface area contributed by atoms with Gasteiger partial charge in [-0.05, 0) is 26.3 Å². The maximum Gasteiger partial charge on any atom is 0.252 e. The molecule has 0 radical (unpaired) electrons. The lowest BCUT2D eigenvalue weighted by atomic mass is 10.2. The minimum absolute atomic E-state index is 0.676. The first-order valence-electron chi connectivity index (χ1n) is 4.83. The normalized spacial score (nSPS) is 9.79. The Kier molecular flexibility index (Phi) is 3.17. The Hall–Kier alpha value is -1.45. The molecular formula is C10H16N4. The largest absolute Gasteiger partial charge is 0.252 e. The molecule has 2 heterocycles. The molecule has 0 fully saturated rings. The van der Waals surface area contributed by atoms with E-state index in [0.29, 0.717) is 5.78 Å². The number of hydrogen-bond donors (Lipinski definition) is 0. The fraction of sp³-hybridized carbons (Fsp3) is 0.500. The first kappa shape index (κ1) is 10.6. The average molecular weight is 192 g/mol. The molecule has 2 aromatic rings. The molecule has 14 heavy (non-hydrogen) atoms. The highest BCUT2D eigenvalue weighted by Crippen LogP contribution is 2.09. The smallest absolute Gasteiger partial charge is 0.216 e. The van der Waals surface area contributed by atoms with Gasteiger partial charge in [-0.1, -0.05) is 13.8 Å². The third-order valence-electron chi connectivity index (χ3n) is 2.20. The summed E-state index contributed by atoms with van der Waals surface area (Å²) in [5.74, 6) is 0.676. The number of rotatable bonds is 0. The molecule has 0 unspecified atom stereocenters. The fourth-order valence-electron chi connectivity index (χ4n) is 1.20. The van der Waals surface area contributed by atoms with Crippen molar-refractivity contribution in [3.63, 3.8) is 0 Å². The molecule has 0 aliphatic carbocycles. The second-order valence-electron chi connectivity index (χ2n) is 2.88. The van der Waals surface area contributed by atoms with E-state index >= 15 is 0 Å². The Morgan fingerprint density at radius 3 is 2.43 bits per heavy atom. The van der Waals surface area contributed by atoms with Crippen molar-refractivity contribution in [3.8, 4) is 0 Å². The summed E-state index contributed by atoms with van der Waals surface area (Å²) in [4.78, 5) is 8.31. The maximum absolute atomic E-state index is 4.29. The van der Waals surface area contributed by atoms with Crippen molar-refractivity contribution in [1.82, 2.24) is 19.6 Å². The molecule has 4 heteroatoms. The summed E-state index contributed by atoms with van der Waals surface area (Å²) in [5.41, 5.74) is 3.30. The van der Waals surface area contributed by atoms with Crippen LogP contribution in [0.3, 0.4) is 0 Å². The molecule has 0 amide bonds. The minimum Gasteiger partial charge on any atom is -0.216 e. The minimum atomic E-state index is 0.676. The standard InChI is InChI=1S/C8H10N4.C2H6/c1-5-6(2)11-8-9-4-10-12(8)7(5)3;1-2/h4H,1-3H3;1-2H3. The predicted molar refractivity (Wildman–Crippen MR) is 56.3 cm³/mol. The van der Waals surface area contributed by atoms with Crippen LogP contribution in [0.5, 0.6) is 0 Å². The first-order valence-corrected chi connectivity index (χ1v) is 4.83. The van der Waals surface area contributed by atoms with Gasteiger partial charge >= 0.3 is 0 Å². The summed E-state index contributed by atoms with van der Waals surface area (Å²) in [6, 6.07) is 0. The lowest BCUT2D eigenvalue weighted by Gasteiger charge is -2.04. The molecule has 0 spiro atoms. The monoisotopic (exact) mass is 192 g/mol. The van der Waals surface area contributed by atoms with Gasteiger partial charge in [-0.2, -0.15) is 10.1 Å². The quantitative estimate of drug-likeness (QED) is 0.641. The summed E-state index contributed by atoms with van der Waals surface area (Å²) in [6.45, 7) is 10.0. The molecule has 0 bridgehead atoms.